The standard InChI is InChI=1S/C16H24N2O2S/c1-12-3-4-13(14(9-12)21-2)10-18-15(19)16(11-17)5-7-20-8-6-16/h3-4,9H,5-8,10-11,17H2,1-2H3,(H,18,19). The maximum atomic E-state index is 12.5. The van der Waals surface area contributed by atoms with Crippen LogP contribution in [0.15, 0.2) is 23.1 Å². The van der Waals surface area contributed by atoms with E-state index in [1.807, 2.05) is 0 Å². The second-order valence-corrected chi connectivity index (χ2v) is 6.44. The van der Waals surface area contributed by atoms with E-state index in [-0.39, 0.29) is 5.91 Å². The second-order valence-electron chi connectivity index (χ2n) is 5.59. The molecule has 0 bridgehead atoms. The Kier molecular flexibility index (Phi) is 5.67. The lowest BCUT2D eigenvalue weighted by atomic mass is 9.79. The molecule has 1 aliphatic rings. The van der Waals surface area contributed by atoms with Crippen LogP contribution < -0.4 is 11.1 Å². The Morgan fingerprint density at radius 2 is 2.14 bits per heavy atom. The van der Waals surface area contributed by atoms with E-state index >= 15 is 0 Å². The van der Waals surface area contributed by atoms with Crippen molar-refractivity contribution in [3.63, 3.8) is 0 Å². The van der Waals surface area contributed by atoms with Gasteiger partial charge in [-0.1, -0.05) is 12.1 Å². The van der Waals surface area contributed by atoms with Gasteiger partial charge in [0.2, 0.25) is 5.91 Å². The summed E-state index contributed by atoms with van der Waals surface area (Å²) in [6.45, 7) is 4.24. The Hall–Kier alpha value is -1.04. The van der Waals surface area contributed by atoms with E-state index in [9.17, 15) is 4.79 Å². The van der Waals surface area contributed by atoms with Crippen LogP contribution in [0.2, 0.25) is 0 Å². The van der Waals surface area contributed by atoms with Crippen molar-refractivity contribution in [1.29, 1.82) is 0 Å². The van der Waals surface area contributed by atoms with Crippen LogP contribution in [-0.4, -0.2) is 31.9 Å². The minimum atomic E-state index is -0.456. The molecule has 1 aromatic rings. The number of benzene rings is 1. The van der Waals surface area contributed by atoms with Crippen LogP contribution in [0.25, 0.3) is 0 Å². The minimum Gasteiger partial charge on any atom is -0.381 e. The van der Waals surface area contributed by atoms with Crippen molar-refractivity contribution in [2.75, 3.05) is 26.0 Å². The van der Waals surface area contributed by atoms with Crippen molar-refractivity contribution in [3.8, 4) is 0 Å². The summed E-state index contributed by atoms with van der Waals surface area (Å²) in [7, 11) is 0. The quantitative estimate of drug-likeness (QED) is 0.818. The fraction of sp³-hybridized carbons (Fsp3) is 0.562. The van der Waals surface area contributed by atoms with Gasteiger partial charge in [-0.05, 0) is 43.2 Å². The summed E-state index contributed by atoms with van der Waals surface area (Å²) in [5.74, 6) is 0.0564. The van der Waals surface area contributed by atoms with Gasteiger partial charge in [0.1, 0.15) is 0 Å². The van der Waals surface area contributed by atoms with Crippen molar-refractivity contribution in [2.24, 2.45) is 11.1 Å². The van der Waals surface area contributed by atoms with E-state index in [1.54, 1.807) is 11.8 Å². The van der Waals surface area contributed by atoms with Crippen molar-refractivity contribution in [3.05, 3.63) is 29.3 Å². The number of rotatable bonds is 5. The van der Waals surface area contributed by atoms with Gasteiger partial charge in [0.25, 0.3) is 0 Å². The number of hydrogen-bond acceptors (Lipinski definition) is 4. The van der Waals surface area contributed by atoms with Crippen LogP contribution in [0.5, 0.6) is 0 Å². The van der Waals surface area contributed by atoms with Gasteiger partial charge in [0.05, 0.1) is 5.41 Å². The maximum Gasteiger partial charge on any atom is 0.227 e. The van der Waals surface area contributed by atoms with Crippen LogP contribution in [0, 0.1) is 12.3 Å². The topological polar surface area (TPSA) is 64.4 Å². The molecule has 1 aromatic carbocycles. The summed E-state index contributed by atoms with van der Waals surface area (Å²) in [6.07, 6.45) is 3.47. The maximum absolute atomic E-state index is 12.5. The number of nitrogens with two attached hydrogens (primary N) is 1. The van der Waals surface area contributed by atoms with E-state index in [0.717, 1.165) is 5.56 Å². The van der Waals surface area contributed by atoms with E-state index < -0.39 is 5.41 Å². The molecule has 116 valence electrons. The predicted molar refractivity (Wildman–Crippen MR) is 86.3 cm³/mol. The molecule has 0 aromatic heterocycles. The first kappa shape index (κ1) is 16.3. The van der Waals surface area contributed by atoms with Crippen molar-refractivity contribution >= 4 is 17.7 Å². The smallest absolute Gasteiger partial charge is 0.227 e. The average Bonchev–Trinajstić information content (AvgIpc) is 2.53. The molecular weight excluding hydrogens is 284 g/mol. The molecule has 0 spiro atoms. The average molecular weight is 308 g/mol. The number of nitrogens with one attached hydrogen (secondary N) is 1. The summed E-state index contributed by atoms with van der Waals surface area (Å²) in [4.78, 5) is 13.7. The lowest BCUT2D eigenvalue weighted by Crippen LogP contribution is -2.49. The van der Waals surface area contributed by atoms with Gasteiger partial charge in [-0.2, -0.15) is 0 Å². The van der Waals surface area contributed by atoms with Crippen LogP contribution in [-0.2, 0) is 16.1 Å². The fourth-order valence-corrected chi connectivity index (χ4v) is 3.35. The third-order valence-electron chi connectivity index (χ3n) is 4.20. The molecule has 5 heteroatoms. The zero-order valence-corrected chi connectivity index (χ0v) is 13.6. The highest BCUT2D eigenvalue weighted by molar-refractivity contribution is 7.98. The lowest BCUT2D eigenvalue weighted by molar-refractivity contribution is -0.136. The first-order valence-electron chi connectivity index (χ1n) is 7.31. The number of carbonyl (C=O) groups excluding carboxylic acids is 1. The van der Waals surface area contributed by atoms with Gasteiger partial charge in [0.15, 0.2) is 0 Å². The Morgan fingerprint density at radius 1 is 1.43 bits per heavy atom. The number of aryl methyl sites for hydroxylation is 1. The van der Waals surface area contributed by atoms with E-state index in [4.69, 9.17) is 10.5 Å². The molecule has 0 unspecified atom stereocenters. The second kappa shape index (κ2) is 7.29. The fourth-order valence-electron chi connectivity index (χ4n) is 2.65. The molecule has 4 nitrogen and oxygen atoms in total. The summed E-state index contributed by atoms with van der Waals surface area (Å²) in [5.41, 5.74) is 7.79. The Morgan fingerprint density at radius 3 is 2.76 bits per heavy atom. The molecule has 2 rings (SSSR count). The van der Waals surface area contributed by atoms with Gasteiger partial charge in [-0.3, -0.25) is 4.79 Å². The molecule has 1 amide bonds. The van der Waals surface area contributed by atoms with Crippen LogP contribution in [0.3, 0.4) is 0 Å². The highest BCUT2D eigenvalue weighted by Crippen LogP contribution is 2.30. The van der Waals surface area contributed by atoms with E-state index in [1.165, 1.54) is 10.5 Å². The summed E-state index contributed by atoms with van der Waals surface area (Å²) < 4.78 is 5.35. The molecule has 1 heterocycles. The first-order valence-corrected chi connectivity index (χ1v) is 8.53. The number of thioether (sulfide) groups is 1. The van der Waals surface area contributed by atoms with Crippen LogP contribution in [0.4, 0.5) is 0 Å². The van der Waals surface area contributed by atoms with E-state index in [2.05, 4.69) is 36.7 Å². The molecule has 21 heavy (non-hydrogen) atoms. The number of hydrogen-bond donors (Lipinski definition) is 2. The first-order chi connectivity index (χ1) is 10.1. The molecule has 0 atom stereocenters. The third-order valence-corrected chi connectivity index (χ3v) is 5.02. The minimum absolute atomic E-state index is 0.0564. The molecule has 0 radical (unpaired) electrons. The monoisotopic (exact) mass is 308 g/mol. The summed E-state index contributed by atoms with van der Waals surface area (Å²) in [6, 6.07) is 6.31. The van der Waals surface area contributed by atoms with E-state index in [0.29, 0.717) is 39.1 Å². The Bertz CT molecular complexity index is 499. The molecule has 0 saturated carbocycles. The summed E-state index contributed by atoms with van der Waals surface area (Å²) in [5, 5.41) is 3.07. The zero-order valence-electron chi connectivity index (χ0n) is 12.8. The van der Waals surface area contributed by atoms with Crippen LogP contribution in [0.1, 0.15) is 24.0 Å². The Labute approximate surface area is 130 Å². The largest absolute Gasteiger partial charge is 0.381 e. The van der Waals surface area contributed by atoms with Gasteiger partial charge < -0.3 is 15.8 Å². The Balaban J connectivity index is 2.03. The van der Waals surface area contributed by atoms with Gasteiger partial charge >= 0.3 is 0 Å². The number of ether oxygens (including phenoxy) is 1. The van der Waals surface area contributed by atoms with Crippen molar-refractivity contribution in [2.45, 2.75) is 31.2 Å². The van der Waals surface area contributed by atoms with Crippen LogP contribution >= 0.6 is 11.8 Å². The molecule has 3 N–H and O–H groups in total. The molecule has 0 aliphatic carbocycles. The molecule has 1 saturated heterocycles. The highest BCUT2D eigenvalue weighted by Gasteiger charge is 2.38. The molecular formula is C16H24N2O2S. The molecule has 1 aliphatic heterocycles. The third kappa shape index (κ3) is 3.78. The summed E-state index contributed by atoms with van der Waals surface area (Å²) >= 11 is 1.71. The highest BCUT2D eigenvalue weighted by atomic mass is 32.2. The number of amides is 1. The van der Waals surface area contributed by atoms with Gasteiger partial charge in [-0.25, -0.2) is 0 Å². The van der Waals surface area contributed by atoms with Crippen molar-refractivity contribution < 1.29 is 9.53 Å². The van der Waals surface area contributed by atoms with Gasteiger partial charge in [-0.15, -0.1) is 11.8 Å². The normalized spacial score (nSPS) is 17.5. The number of carbonyl (C=O) groups is 1. The SMILES string of the molecule is CSc1cc(C)ccc1CNC(=O)C1(CN)CCOCC1. The molecule has 1 fully saturated rings. The zero-order chi connectivity index (χ0) is 15.3. The lowest BCUT2D eigenvalue weighted by Gasteiger charge is -2.34. The predicted octanol–water partition coefficient (Wildman–Crippen LogP) is 2.09. The van der Waals surface area contributed by atoms with Crippen molar-refractivity contribution in [1.82, 2.24) is 5.32 Å². The van der Waals surface area contributed by atoms with Gasteiger partial charge in [0, 0.05) is 31.2 Å².